The Labute approximate surface area is 158 Å². The first-order valence-electron chi connectivity index (χ1n) is 9.34. The molecule has 3 aromatic rings. The van der Waals surface area contributed by atoms with Gasteiger partial charge in [-0.3, -0.25) is 4.79 Å². The summed E-state index contributed by atoms with van der Waals surface area (Å²) in [7, 11) is 0. The summed E-state index contributed by atoms with van der Waals surface area (Å²) in [6.07, 6.45) is 7.12. The van der Waals surface area contributed by atoms with Gasteiger partial charge in [-0.2, -0.15) is 5.26 Å². The lowest BCUT2D eigenvalue weighted by molar-refractivity contribution is 0.104. The van der Waals surface area contributed by atoms with Crippen molar-refractivity contribution in [1.29, 1.82) is 5.26 Å². The molecule has 0 spiro atoms. The Kier molecular flexibility index (Phi) is 4.76. The number of para-hydroxylation sites is 1. The standard InChI is InChI=1S/C23H21N3O/c24-15-18(23(27)21-16-25-22-7-3-2-6-20(21)22)14-17-8-10-19(11-9-17)26-12-4-1-5-13-26/h2-3,6-11,14,16,25H,1,4-5,12-13H2/b18-14+. The quantitative estimate of drug-likeness (QED) is 0.409. The molecule has 0 atom stereocenters. The topological polar surface area (TPSA) is 59.9 Å². The second kappa shape index (κ2) is 7.51. The van der Waals surface area contributed by atoms with E-state index >= 15 is 0 Å². The molecule has 134 valence electrons. The van der Waals surface area contributed by atoms with Gasteiger partial charge in [-0.25, -0.2) is 0 Å². The number of aromatic nitrogens is 1. The van der Waals surface area contributed by atoms with Crippen LogP contribution in [0.5, 0.6) is 0 Å². The molecule has 1 fully saturated rings. The second-order valence-electron chi connectivity index (χ2n) is 6.89. The summed E-state index contributed by atoms with van der Waals surface area (Å²) in [5.41, 5.74) is 3.63. The molecule has 0 bridgehead atoms. The van der Waals surface area contributed by atoms with E-state index in [4.69, 9.17) is 0 Å². The number of fused-ring (bicyclic) bond motifs is 1. The maximum absolute atomic E-state index is 12.9. The van der Waals surface area contributed by atoms with Gasteiger partial charge in [0, 0.05) is 41.4 Å². The first-order chi connectivity index (χ1) is 13.3. The van der Waals surface area contributed by atoms with Crippen molar-refractivity contribution in [2.45, 2.75) is 19.3 Å². The number of benzene rings is 2. The molecule has 2 aromatic carbocycles. The highest BCUT2D eigenvalue weighted by molar-refractivity contribution is 6.19. The lowest BCUT2D eigenvalue weighted by Crippen LogP contribution is -2.29. The zero-order valence-electron chi connectivity index (χ0n) is 15.1. The number of nitriles is 1. The average Bonchev–Trinajstić information content (AvgIpc) is 3.17. The van der Waals surface area contributed by atoms with Crippen molar-refractivity contribution >= 4 is 28.4 Å². The van der Waals surface area contributed by atoms with Crippen molar-refractivity contribution in [3.63, 3.8) is 0 Å². The number of anilines is 1. The summed E-state index contributed by atoms with van der Waals surface area (Å²) in [6, 6.07) is 17.8. The highest BCUT2D eigenvalue weighted by Crippen LogP contribution is 2.23. The Balaban J connectivity index is 1.59. The number of aromatic amines is 1. The fourth-order valence-corrected chi connectivity index (χ4v) is 3.65. The van der Waals surface area contributed by atoms with E-state index in [1.165, 1.54) is 24.9 Å². The minimum Gasteiger partial charge on any atom is -0.372 e. The van der Waals surface area contributed by atoms with Gasteiger partial charge >= 0.3 is 0 Å². The lowest BCUT2D eigenvalue weighted by atomic mass is 10.0. The molecule has 4 nitrogen and oxygen atoms in total. The number of Topliss-reactive ketones (excluding diaryl/α,β-unsaturated/α-hetero) is 1. The van der Waals surface area contributed by atoms with Crippen LogP contribution in [0.15, 0.2) is 60.3 Å². The Morgan fingerprint density at radius 3 is 2.52 bits per heavy atom. The molecule has 4 heteroatoms. The number of carbonyl (C=O) groups is 1. The van der Waals surface area contributed by atoms with Crippen molar-refractivity contribution in [1.82, 2.24) is 4.98 Å². The molecular weight excluding hydrogens is 334 g/mol. The molecule has 0 saturated carbocycles. The molecule has 0 unspecified atom stereocenters. The van der Waals surface area contributed by atoms with E-state index in [9.17, 15) is 10.1 Å². The first kappa shape index (κ1) is 17.1. The zero-order valence-corrected chi connectivity index (χ0v) is 15.1. The maximum atomic E-state index is 12.9. The van der Waals surface area contributed by atoms with Crippen LogP contribution in [-0.2, 0) is 0 Å². The number of piperidine rings is 1. The highest BCUT2D eigenvalue weighted by Gasteiger charge is 2.16. The van der Waals surface area contributed by atoms with Gasteiger partial charge in [-0.1, -0.05) is 30.3 Å². The van der Waals surface area contributed by atoms with Gasteiger partial charge < -0.3 is 9.88 Å². The van der Waals surface area contributed by atoms with Crippen molar-refractivity contribution in [2.24, 2.45) is 0 Å². The first-order valence-corrected chi connectivity index (χ1v) is 9.34. The number of nitrogens with one attached hydrogen (secondary N) is 1. The summed E-state index contributed by atoms with van der Waals surface area (Å²) in [5, 5.41) is 10.4. The highest BCUT2D eigenvalue weighted by atomic mass is 16.1. The molecular formula is C23H21N3O. The summed E-state index contributed by atoms with van der Waals surface area (Å²) < 4.78 is 0. The van der Waals surface area contributed by atoms with E-state index in [1.54, 1.807) is 12.3 Å². The molecule has 4 rings (SSSR count). The fraction of sp³-hybridized carbons (Fsp3) is 0.217. The van der Waals surface area contributed by atoms with E-state index in [0.29, 0.717) is 5.56 Å². The third-order valence-electron chi connectivity index (χ3n) is 5.12. The van der Waals surface area contributed by atoms with Crippen LogP contribution in [0.25, 0.3) is 17.0 Å². The average molecular weight is 355 g/mol. The predicted octanol–water partition coefficient (Wildman–Crippen LogP) is 4.95. The van der Waals surface area contributed by atoms with E-state index in [0.717, 1.165) is 29.6 Å². The molecule has 1 aromatic heterocycles. The third-order valence-corrected chi connectivity index (χ3v) is 5.12. The van der Waals surface area contributed by atoms with E-state index in [1.807, 2.05) is 36.4 Å². The number of ketones is 1. The minimum atomic E-state index is -0.255. The van der Waals surface area contributed by atoms with E-state index < -0.39 is 0 Å². The number of allylic oxidation sites excluding steroid dienone is 1. The van der Waals surface area contributed by atoms with Crippen LogP contribution in [0.4, 0.5) is 5.69 Å². The van der Waals surface area contributed by atoms with Crippen molar-refractivity contribution in [3.8, 4) is 6.07 Å². The number of hydrogen-bond acceptors (Lipinski definition) is 3. The summed E-state index contributed by atoms with van der Waals surface area (Å²) in [6.45, 7) is 2.19. The normalized spacial score (nSPS) is 14.9. The maximum Gasteiger partial charge on any atom is 0.205 e. The van der Waals surface area contributed by atoms with E-state index in [2.05, 4.69) is 28.1 Å². The third kappa shape index (κ3) is 3.50. The smallest absolute Gasteiger partial charge is 0.205 e. The van der Waals surface area contributed by atoms with Crippen molar-refractivity contribution < 1.29 is 4.79 Å². The van der Waals surface area contributed by atoms with Gasteiger partial charge in [0.2, 0.25) is 5.78 Å². The molecule has 0 amide bonds. The predicted molar refractivity (Wildman–Crippen MR) is 109 cm³/mol. The molecule has 1 N–H and O–H groups in total. The summed E-state index contributed by atoms with van der Waals surface area (Å²) in [4.78, 5) is 18.3. The van der Waals surface area contributed by atoms with E-state index in [-0.39, 0.29) is 11.4 Å². The molecule has 0 radical (unpaired) electrons. The van der Waals surface area contributed by atoms with Crippen LogP contribution in [0.3, 0.4) is 0 Å². The molecule has 1 saturated heterocycles. The largest absolute Gasteiger partial charge is 0.372 e. The molecule has 1 aliphatic rings. The Morgan fingerprint density at radius 2 is 1.78 bits per heavy atom. The van der Waals surface area contributed by atoms with Gasteiger partial charge in [0.05, 0.1) is 0 Å². The molecule has 27 heavy (non-hydrogen) atoms. The molecule has 2 heterocycles. The number of H-pyrrole nitrogens is 1. The number of nitrogens with zero attached hydrogens (tertiary/aromatic N) is 2. The Bertz CT molecular complexity index is 1030. The molecule has 0 aliphatic carbocycles. The van der Waals surface area contributed by atoms with Crippen LogP contribution < -0.4 is 4.90 Å². The van der Waals surface area contributed by atoms with Gasteiger partial charge in [0.15, 0.2) is 0 Å². The number of hydrogen-bond donors (Lipinski definition) is 1. The lowest BCUT2D eigenvalue weighted by Gasteiger charge is -2.28. The van der Waals surface area contributed by atoms with Gasteiger partial charge in [0.25, 0.3) is 0 Å². The monoisotopic (exact) mass is 355 g/mol. The SMILES string of the molecule is N#C/C(=C\c1ccc(N2CCCCC2)cc1)C(=O)c1c[nH]c2ccccc12. The second-order valence-corrected chi connectivity index (χ2v) is 6.89. The van der Waals surface area contributed by atoms with Crippen LogP contribution in [0.1, 0.15) is 35.2 Å². The summed E-state index contributed by atoms with van der Waals surface area (Å²) >= 11 is 0. The van der Waals surface area contributed by atoms with Crippen LogP contribution in [0.2, 0.25) is 0 Å². The fourth-order valence-electron chi connectivity index (χ4n) is 3.65. The minimum absolute atomic E-state index is 0.144. The van der Waals surface area contributed by atoms with Crippen LogP contribution >= 0.6 is 0 Å². The van der Waals surface area contributed by atoms with Gasteiger partial charge in [-0.15, -0.1) is 0 Å². The van der Waals surface area contributed by atoms with Crippen molar-refractivity contribution in [3.05, 3.63) is 71.4 Å². The Hall–Kier alpha value is -3.32. The van der Waals surface area contributed by atoms with Crippen LogP contribution in [-0.4, -0.2) is 23.9 Å². The Morgan fingerprint density at radius 1 is 1.04 bits per heavy atom. The zero-order chi connectivity index (χ0) is 18.6. The van der Waals surface area contributed by atoms with Gasteiger partial charge in [-0.05, 0) is 49.1 Å². The van der Waals surface area contributed by atoms with Crippen LogP contribution in [0, 0.1) is 11.3 Å². The number of rotatable bonds is 4. The van der Waals surface area contributed by atoms with Gasteiger partial charge in [0.1, 0.15) is 11.6 Å². The molecule has 1 aliphatic heterocycles. The number of carbonyl (C=O) groups excluding carboxylic acids is 1. The summed E-state index contributed by atoms with van der Waals surface area (Å²) in [5.74, 6) is -0.255. The van der Waals surface area contributed by atoms with Crippen molar-refractivity contribution in [2.75, 3.05) is 18.0 Å².